The molecule has 0 heterocycles. The van der Waals surface area contributed by atoms with Crippen molar-refractivity contribution in [3.05, 3.63) is 68.7 Å². The molecule has 0 aliphatic heterocycles. The Hall–Kier alpha value is -1.75. The molecule has 25 heavy (non-hydrogen) atoms. The molecule has 1 aliphatic carbocycles. The number of carboxylic acid groups (broad SMARTS) is 1. The van der Waals surface area contributed by atoms with Crippen molar-refractivity contribution in [2.24, 2.45) is 0 Å². The van der Waals surface area contributed by atoms with Crippen molar-refractivity contribution in [3.8, 4) is 0 Å². The van der Waals surface area contributed by atoms with E-state index in [1.807, 2.05) is 31.3 Å². The van der Waals surface area contributed by atoms with Crippen LogP contribution in [0.15, 0.2) is 36.4 Å². The van der Waals surface area contributed by atoms with Gasteiger partial charge in [-0.05, 0) is 54.3 Å². The molecule has 0 bridgehead atoms. The van der Waals surface area contributed by atoms with E-state index in [2.05, 4.69) is 22.8 Å². The molecule has 0 radical (unpaired) electrons. The first-order valence-corrected chi connectivity index (χ1v) is 8.97. The molecule has 1 unspecified atom stereocenters. The third-order valence-corrected chi connectivity index (χ3v) is 5.52. The number of amides is 1. The summed E-state index contributed by atoms with van der Waals surface area (Å²) in [4.78, 5) is 10.7. The van der Waals surface area contributed by atoms with E-state index in [0.717, 1.165) is 24.0 Å². The van der Waals surface area contributed by atoms with Crippen molar-refractivity contribution in [3.63, 3.8) is 0 Å². The van der Waals surface area contributed by atoms with Gasteiger partial charge >= 0.3 is 6.09 Å². The van der Waals surface area contributed by atoms with Crippen LogP contribution in [0.3, 0.4) is 0 Å². The highest BCUT2D eigenvalue weighted by molar-refractivity contribution is 6.42. The number of fused-ring (bicyclic) bond motifs is 1. The predicted molar refractivity (Wildman–Crippen MR) is 101 cm³/mol. The van der Waals surface area contributed by atoms with Gasteiger partial charge < -0.3 is 15.7 Å². The third kappa shape index (κ3) is 3.92. The van der Waals surface area contributed by atoms with E-state index in [1.165, 1.54) is 11.1 Å². The topological polar surface area (TPSA) is 61.4 Å². The second-order valence-electron chi connectivity index (χ2n) is 6.27. The minimum Gasteiger partial charge on any atom is -0.465 e. The van der Waals surface area contributed by atoms with E-state index in [1.54, 1.807) is 0 Å². The first-order valence-electron chi connectivity index (χ1n) is 8.21. The molecule has 1 aliphatic rings. The zero-order valence-electron chi connectivity index (χ0n) is 13.9. The summed E-state index contributed by atoms with van der Waals surface area (Å²) in [6.45, 7) is 0.302. The molecule has 6 heteroatoms. The van der Waals surface area contributed by atoms with E-state index >= 15 is 0 Å². The number of benzene rings is 2. The van der Waals surface area contributed by atoms with Crippen LogP contribution in [0.4, 0.5) is 4.79 Å². The molecule has 0 saturated carbocycles. The Balaban J connectivity index is 1.97. The van der Waals surface area contributed by atoms with Crippen LogP contribution in [0.2, 0.25) is 10.0 Å². The standard InChI is InChI=1S/C19H20Cl2N2O2/c1-22-18-7-5-13(12-3-6-16(20)17(21)9-12)14-4-2-11(8-15(14)18)10-23-19(24)25/h2-4,6,8-9,13,18,22-23H,5,7,10H2,1H3,(H,24,25)/t13?,18-/m0/s1. The van der Waals surface area contributed by atoms with E-state index in [-0.39, 0.29) is 12.0 Å². The maximum Gasteiger partial charge on any atom is 0.404 e. The smallest absolute Gasteiger partial charge is 0.404 e. The summed E-state index contributed by atoms with van der Waals surface area (Å²) < 4.78 is 0. The van der Waals surface area contributed by atoms with Gasteiger partial charge in [-0.2, -0.15) is 0 Å². The number of nitrogens with one attached hydrogen (secondary N) is 2. The molecular weight excluding hydrogens is 359 g/mol. The van der Waals surface area contributed by atoms with Gasteiger partial charge in [-0.15, -0.1) is 0 Å². The van der Waals surface area contributed by atoms with Crippen LogP contribution in [-0.2, 0) is 6.54 Å². The molecule has 3 N–H and O–H groups in total. The molecule has 2 atom stereocenters. The lowest BCUT2D eigenvalue weighted by Crippen LogP contribution is -2.25. The average molecular weight is 379 g/mol. The van der Waals surface area contributed by atoms with Gasteiger partial charge in [-0.1, -0.05) is 47.5 Å². The highest BCUT2D eigenvalue weighted by Crippen LogP contribution is 2.42. The van der Waals surface area contributed by atoms with Gasteiger partial charge in [0.1, 0.15) is 0 Å². The highest BCUT2D eigenvalue weighted by atomic mass is 35.5. The summed E-state index contributed by atoms with van der Waals surface area (Å²) in [5.41, 5.74) is 4.58. The van der Waals surface area contributed by atoms with Crippen molar-refractivity contribution in [2.75, 3.05) is 7.05 Å². The maximum atomic E-state index is 10.7. The Kier molecular flexibility index (Phi) is 5.52. The number of halogens is 2. The van der Waals surface area contributed by atoms with Crippen LogP contribution in [-0.4, -0.2) is 18.2 Å². The second-order valence-corrected chi connectivity index (χ2v) is 7.08. The van der Waals surface area contributed by atoms with Gasteiger partial charge in [0.2, 0.25) is 0 Å². The largest absolute Gasteiger partial charge is 0.465 e. The minimum atomic E-state index is -1.02. The number of carbonyl (C=O) groups is 1. The monoisotopic (exact) mass is 378 g/mol. The highest BCUT2D eigenvalue weighted by Gasteiger charge is 2.28. The molecule has 3 rings (SSSR count). The summed E-state index contributed by atoms with van der Waals surface area (Å²) in [5, 5.41) is 15.7. The fraction of sp³-hybridized carbons (Fsp3) is 0.316. The fourth-order valence-electron chi connectivity index (χ4n) is 3.55. The lowest BCUT2D eigenvalue weighted by atomic mass is 9.76. The van der Waals surface area contributed by atoms with Gasteiger partial charge in [-0.25, -0.2) is 4.79 Å². The molecule has 0 aromatic heterocycles. The van der Waals surface area contributed by atoms with Gasteiger partial charge in [0, 0.05) is 18.5 Å². The molecule has 0 spiro atoms. The van der Waals surface area contributed by atoms with E-state index in [0.29, 0.717) is 16.6 Å². The van der Waals surface area contributed by atoms with Crippen LogP contribution >= 0.6 is 23.2 Å². The number of hydrogen-bond acceptors (Lipinski definition) is 2. The minimum absolute atomic E-state index is 0.260. The normalized spacial score (nSPS) is 19.3. The Morgan fingerprint density at radius 1 is 1.12 bits per heavy atom. The number of rotatable bonds is 4. The van der Waals surface area contributed by atoms with Crippen molar-refractivity contribution in [1.29, 1.82) is 0 Å². The van der Waals surface area contributed by atoms with Crippen LogP contribution in [0.1, 0.15) is 47.1 Å². The predicted octanol–water partition coefficient (Wildman–Crippen LogP) is 4.95. The van der Waals surface area contributed by atoms with E-state index < -0.39 is 6.09 Å². The molecule has 2 aromatic carbocycles. The molecule has 1 amide bonds. The van der Waals surface area contributed by atoms with Crippen molar-refractivity contribution < 1.29 is 9.90 Å². The molecule has 4 nitrogen and oxygen atoms in total. The van der Waals surface area contributed by atoms with Crippen molar-refractivity contribution in [1.82, 2.24) is 10.6 Å². The van der Waals surface area contributed by atoms with Gasteiger partial charge in [0.05, 0.1) is 10.0 Å². The van der Waals surface area contributed by atoms with E-state index in [9.17, 15) is 4.79 Å². The molecule has 2 aromatic rings. The Morgan fingerprint density at radius 3 is 2.60 bits per heavy atom. The second kappa shape index (κ2) is 7.65. The van der Waals surface area contributed by atoms with Crippen molar-refractivity contribution in [2.45, 2.75) is 31.3 Å². The van der Waals surface area contributed by atoms with Crippen molar-refractivity contribution >= 4 is 29.3 Å². The summed E-state index contributed by atoms with van der Waals surface area (Å²) in [6.07, 6.45) is 1.00. The summed E-state index contributed by atoms with van der Waals surface area (Å²) in [7, 11) is 1.95. The first-order chi connectivity index (χ1) is 12.0. The van der Waals surface area contributed by atoms with Gasteiger partial charge in [0.25, 0.3) is 0 Å². The van der Waals surface area contributed by atoms with Crippen LogP contribution in [0.25, 0.3) is 0 Å². The quantitative estimate of drug-likeness (QED) is 0.705. The Bertz CT molecular complexity index is 795. The lowest BCUT2D eigenvalue weighted by molar-refractivity contribution is 0.194. The third-order valence-electron chi connectivity index (χ3n) is 4.78. The Labute approximate surface area is 157 Å². The van der Waals surface area contributed by atoms with Crippen LogP contribution in [0.5, 0.6) is 0 Å². The van der Waals surface area contributed by atoms with E-state index in [4.69, 9.17) is 28.3 Å². The molecule has 132 valence electrons. The lowest BCUT2D eigenvalue weighted by Gasteiger charge is -2.32. The zero-order valence-corrected chi connectivity index (χ0v) is 15.4. The van der Waals surface area contributed by atoms with Gasteiger partial charge in [0.15, 0.2) is 0 Å². The molecular formula is C19H20Cl2N2O2. The van der Waals surface area contributed by atoms with Crippen LogP contribution in [0, 0.1) is 0 Å². The maximum absolute atomic E-state index is 10.7. The first kappa shape index (κ1) is 18.1. The average Bonchev–Trinajstić information content (AvgIpc) is 2.61. The zero-order chi connectivity index (χ0) is 18.0. The van der Waals surface area contributed by atoms with Crippen LogP contribution < -0.4 is 10.6 Å². The Morgan fingerprint density at radius 2 is 1.92 bits per heavy atom. The summed E-state index contributed by atoms with van der Waals surface area (Å²) in [5.74, 6) is 0.260. The fourth-order valence-corrected chi connectivity index (χ4v) is 3.86. The summed E-state index contributed by atoms with van der Waals surface area (Å²) >= 11 is 12.3. The number of hydrogen-bond donors (Lipinski definition) is 3. The molecule has 0 saturated heterocycles. The summed E-state index contributed by atoms with van der Waals surface area (Å²) in [6, 6.07) is 12.3. The SMILES string of the molecule is CN[C@H]1CCC(c2ccc(Cl)c(Cl)c2)c2ccc(CNC(=O)O)cc21. The molecule has 0 fully saturated rings. The van der Waals surface area contributed by atoms with Gasteiger partial charge in [-0.3, -0.25) is 0 Å².